The summed E-state index contributed by atoms with van der Waals surface area (Å²) in [5.41, 5.74) is 2.33. The van der Waals surface area contributed by atoms with E-state index in [-0.39, 0.29) is 17.8 Å². The van der Waals surface area contributed by atoms with Crippen LogP contribution < -0.4 is 10.6 Å². The molecular formula is C23H28N2O6. The topological polar surface area (TPSA) is 122 Å². The molecule has 3 N–H and O–H groups in total. The van der Waals surface area contributed by atoms with Gasteiger partial charge in [0.1, 0.15) is 0 Å². The number of hydrogen-bond acceptors (Lipinski definition) is 5. The van der Waals surface area contributed by atoms with E-state index in [1.165, 1.54) is 21.0 Å². The van der Waals surface area contributed by atoms with Crippen LogP contribution in [0.1, 0.15) is 53.0 Å². The maximum atomic E-state index is 11.0. The molecule has 0 fully saturated rings. The molecular weight excluding hydrogens is 400 g/mol. The third kappa shape index (κ3) is 10.1. The van der Waals surface area contributed by atoms with E-state index in [0.717, 1.165) is 24.8 Å². The molecule has 8 nitrogen and oxygen atoms in total. The zero-order valence-electron chi connectivity index (χ0n) is 17.9. The lowest BCUT2D eigenvalue weighted by Gasteiger charge is -2.06. The van der Waals surface area contributed by atoms with Gasteiger partial charge in [-0.1, -0.05) is 18.2 Å². The van der Waals surface area contributed by atoms with E-state index in [4.69, 9.17) is 5.11 Å². The minimum atomic E-state index is -0.887. The molecule has 0 radical (unpaired) electrons. The summed E-state index contributed by atoms with van der Waals surface area (Å²) in [7, 11) is 1.32. The Kier molecular flexibility index (Phi) is 11.1. The summed E-state index contributed by atoms with van der Waals surface area (Å²) in [4.78, 5) is 43.3. The number of unbranched alkanes of at least 4 members (excludes halogenated alkanes) is 1. The number of carbonyl (C=O) groups is 4. The first-order chi connectivity index (χ1) is 14.7. The molecule has 0 bridgehead atoms. The Morgan fingerprint density at radius 3 is 2.10 bits per heavy atom. The van der Waals surface area contributed by atoms with Crippen molar-refractivity contribution in [3.63, 3.8) is 0 Å². The lowest BCUT2D eigenvalue weighted by atomic mass is 10.0. The third-order valence-electron chi connectivity index (χ3n) is 4.12. The Labute approximate surface area is 181 Å². The van der Waals surface area contributed by atoms with E-state index >= 15 is 0 Å². The summed E-state index contributed by atoms with van der Waals surface area (Å²) in [6.07, 6.45) is 2.44. The van der Waals surface area contributed by atoms with E-state index in [0.29, 0.717) is 23.4 Å². The average Bonchev–Trinajstić information content (AvgIpc) is 2.73. The maximum Gasteiger partial charge on any atom is 0.337 e. The summed E-state index contributed by atoms with van der Waals surface area (Å²) < 4.78 is 4.53. The summed E-state index contributed by atoms with van der Waals surface area (Å²) in [5.74, 6) is -1.45. The van der Waals surface area contributed by atoms with Gasteiger partial charge in [0.25, 0.3) is 0 Å². The Morgan fingerprint density at radius 1 is 0.903 bits per heavy atom. The fourth-order valence-electron chi connectivity index (χ4n) is 2.66. The van der Waals surface area contributed by atoms with Crippen LogP contribution in [0.4, 0.5) is 5.69 Å². The Bertz CT molecular complexity index is 893. The van der Waals surface area contributed by atoms with Crippen LogP contribution in [-0.2, 0) is 20.7 Å². The Hall–Kier alpha value is -3.68. The normalized spacial score (nSPS) is 9.65. The number of anilines is 1. The van der Waals surface area contributed by atoms with E-state index in [2.05, 4.69) is 15.4 Å². The number of rotatable bonds is 8. The largest absolute Gasteiger partial charge is 0.478 e. The zero-order valence-corrected chi connectivity index (χ0v) is 17.9. The van der Waals surface area contributed by atoms with E-state index in [1.807, 2.05) is 12.1 Å². The van der Waals surface area contributed by atoms with Crippen LogP contribution in [0.2, 0.25) is 0 Å². The predicted molar refractivity (Wildman–Crippen MR) is 117 cm³/mol. The molecule has 0 saturated heterocycles. The summed E-state index contributed by atoms with van der Waals surface area (Å²) in [5, 5.41) is 14.3. The van der Waals surface area contributed by atoms with Gasteiger partial charge >= 0.3 is 11.9 Å². The van der Waals surface area contributed by atoms with Crippen LogP contribution >= 0.6 is 0 Å². The first kappa shape index (κ1) is 25.4. The number of carboxylic acids is 1. The van der Waals surface area contributed by atoms with Gasteiger partial charge in [0.2, 0.25) is 11.8 Å². The lowest BCUT2D eigenvalue weighted by molar-refractivity contribution is -0.119. The number of benzene rings is 2. The molecule has 0 aliphatic rings. The monoisotopic (exact) mass is 428 g/mol. The number of amides is 2. The molecule has 0 unspecified atom stereocenters. The van der Waals surface area contributed by atoms with Gasteiger partial charge < -0.3 is 20.5 Å². The molecule has 31 heavy (non-hydrogen) atoms. The van der Waals surface area contributed by atoms with E-state index < -0.39 is 5.97 Å². The van der Waals surface area contributed by atoms with Crippen LogP contribution in [0.3, 0.4) is 0 Å². The number of esters is 1. The van der Waals surface area contributed by atoms with E-state index in [1.54, 1.807) is 36.4 Å². The van der Waals surface area contributed by atoms with Crippen LogP contribution in [0.5, 0.6) is 0 Å². The number of nitrogens with one attached hydrogen (secondary N) is 2. The number of aromatic carboxylic acids is 1. The second kappa shape index (κ2) is 13.5. The van der Waals surface area contributed by atoms with Crippen molar-refractivity contribution in [2.24, 2.45) is 0 Å². The Morgan fingerprint density at radius 2 is 1.55 bits per heavy atom. The van der Waals surface area contributed by atoms with Gasteiger partial charge in [0.15, 0.2) is 0 Å². The van der Waals surface area contributed by atoms with Crippen LogP contribution in [0.15, 0.2) is 48.5 Å². The van der Waals surface area contributed by atoms with Crippen molar-refractivity contribution in [3.05, 3.63) is 65.2 Å². The SMILES string of the molecule is CC(=O)NCCCCc1ccccc1C(=O)O.COC(=O)c1ccc(NC(C)=O)cc1. The number of hydrogen-bond donors (Lipinski definition) is 3. The molecule has 2 rings (SSSR count). The molecule has 2 amide bonds. The molecule has 0 aromatic heterocycles. The molecule has 8 heteroatoms. The second-order valence-corrected chi connectivity index (χ2v) is 6.65. The molecule has 0 heterocycles. The van der Waals surface area contributed by atoms with Gasteiger partial charge in [0, 0.05) is 26.1 Å². The highest BCUT2D eigenvalue weighted by atomic mass is 16.5. The van der Waals surface area contributed by atoms with Gasteiger partial charge in [-0.05, 0) is 55.2 Å². The number of aryl methyl sites for hydroxylation is 1. The second-order valence-electron chi connectivity index (χ2n) is 6.65. The fraction of sp³-hybridized carbons (Fsp3) is 0.304. The maximum absolute atomic E-state index is 11.0. The van der Waals surface area contributed by atoms with Crippen molar-refractivity contribution in [2.75, 3.05) is 19.0 Å². The molecule has 0 spiro atoms. The van der Waals surface area contributed by atoms with Gasteiger partial charge in [-0.2, -0.15) is 0 Å². The standard InChI is InChI=1S/C13H17NO3.C10H11NO3/c1-10(15)14-9-5-4-7-11-6-2-3-8-12(11)13(16)17;1-7(12)11-9-5-3-8(4-6-9)10(13)14-2/h2-3,6,8H,4-5,7,9H2,1H3,(H,14,15)(H,16,17);3-6H,1-2H3,(H,11,12). The van der Waals surface area contributed by atoms with Crippen molar-refractivity contribution in [3.8, 4) is 0 Å². The lowest BCUT2D eigenvalue weighted by Crippen LogP contribution is -2.20. The highest BCUT2D eigenvalue weighted by molar-refractivity contribution is 5.92. The van der Waals surface area contributed by atoms with Crippen LogP contribution in [0.25, 0.3) is 0 Å². The van der Waals surface area contributed by atoms with Gasteiger partial charge in [-0.3, -0.25) is 9.59 Å². The number of methoxy groups -OCH3 is 1. The minimum absolute atomic E-state index is 0.0315. The highest BCUT2D eigenvalue weighted by Gasteiger charge is 2.08. The molecule has 0 aliphatic carbocycles. The molecule has 0 saturated carbocycles. The van der Waals surface area contributed by atoms with Crippen molar-refractivity contribution in [2.45, 2.75) is 33.1 Å². The smallest absolute Gasteiger partial charge is 0.337 e. The van der Waals surface area contributed by atoms with Crippen molar-refractivity contribution < 1.29 is 29.0 Å². The quantitative estimate of drug-likeness (QED) is 0.438. The first-order valence-corrected chi connectivity index (χ1v) is 9.76. The van der Waals surface area contributed by atoms with Crippen LogP contribution in [-0.4, -0.2) is 42.5 Å². The molecule has 166 valence electrons. The first-order valence-electron chi connectivity index (χ1n) is 9.76. The van der Waals surface area contributed by atoms with Gasteiger partial charge in [-0.25, -0.2) is 9.59 Å². The van der Waals surface area contributed by atoms with Gasteiger partial charge in [-0.15, -0.1) is 0 Å². The predicted octanol–water partition coefficient (Wildman–Crippen LogP) is 3.28. The number of carboxylic acid groups (broad SMARTS) is 1. The summed E-state index contributed by atoms with van der Waals surface area (Å²) in [6, 6.07) is 13.5. The zero-order chi connectivity index (χ0) is 23.2. The fourth-order valence-corrected chi connectivity index (χ4v) is 2.66. The molecule has 2 aromatic rings. The molecule has 0 atom stereocenters. The average molecular weight is 428 g/mol. The third-order valence-corrected chi connectivity index (χ3v) is 4.12. The van der Waals surface area contributed by atoms with Crippen LogP contribution in [0, 0.1) is 0 Å². The number of carbonyl (C=O) groups excluding carboxylic acids is 3. The minimum Gasteiger partial charge on any atom is -0.478 e. The Balaban J connectivity index is 0.000000316. The highest BCUT2D eigenvalue weighted by Crippen LogP contribution is 2.12. The molecule has 0 aliphatic heterocycles. The van der Waals surface area contributed by atoms with E-state index in [9.17, 15) is 19.2 Å². The molecule has 2 aromatic carbocycles. The number of ether oxygens (including phenoxy) is 1. The summed E-state index contributed by atoms with van der Waals surface area (Å²) >= 11 is 0. The van der Waals surface area contributed by atoms with Gasteiger partial charge in [0.05, 0.1) is 18.2 Å². The van der Waals surface area contributed by atoms with Crippen molar-refractivity contribution in [1.29, 1.82) is 0 Å². The van der Waals surface area contributed by atoms with Crippen molar-refractivity contribution >= 4 is 29.4 Å². The van der Waals surface area contributed by atoms with Crippen molar-refractivity contribution in [1.82, 2.24) is 5.32 Å². The summed E-state index contributed by atoms with van der Waals surface area (Å²) in [6.45, 7) is 3.55.